The van der Waals surface area contributed by atoms with Crippen molar-refractivity contribution in [1.29, 1.82) is 0 Å². The number of aryl methyl sites for hydroxylation is 2. The Hall–Kier alpha value is -2.32. The summed E-state index contributed by atoms with van der Waals surface area (Å²) in [6.07, 6.45) is 0. The summed E-state index contributed by atoms with van der Waals surface area (Å²) in [6, 6.07) is 6.83. The maximum absolute atomic E-state index is 12.1. The molecule has 1 amide bonds. The van der Waals surface area contributed by atoms with E-state index in [0.29, 0.717) is 10.0 Å². The molecule has 0 bridgehead atoms. The third-order valence-electron chi connectivity index (χ3n) is 3.05. The van der Waals surface area contributed by atoms with Gasteiger partial charge in [0.05, 0.1) is 20.0 Å². The largest absolute Gasteiger partial charge is 0.324 e. The lowest BCUT2D eigenvalue weighted by Crippen LogP contribution is -2.09. The molecule has 0 atom stereocenters. The number of amides is 1. The van der Waals surface area contributed by atoms with E-state index >= 15 is 0 Å². The summed E-state index contributed by atoms with van der Waals surface area (Å²) in [7, 11) is 0. The predicted octanol–water partition coefficient (Wildman–Crippen LogP) is 4.14. The number of thiophene rings is 1. The highest BCUT2D eigenvalue weighted by atomic mass is 32.1. The summed E-state index contributed by atoms with van der Waals surface area (Å²) in [5.41, 5.74) is 3.06. The summed E-state index contributed by atoms with van der Waals surface area (Å²) >= 11 is 2.24. The highest BCUT2D eigenvalue weighted by Gasteiger charge is 2.17. The fraction of sp³-hybridized carbons (Fsp3) is 0.143. The maximum Gasteiger partial charge on any atom is 0.324 e. The monoisotopic (exact) mass is 333 g/mol. The van der Waals surface area contributed by atoms with Crippen LogP contribution >= 0.6 is 22.7 Å². The van der Waals surface area contributed by atoms with Gasteiger partial charge in [-0.3, -0.25) is 20.2 Å². The van der Waals surface area contributed by atoms with E-state index in [-0.39, 0.29) is 10.9 Å². The fourth-order valence-electron chi connectivity index (χ4n) is 2.13. The zero-order valence-corrected chi connectivity index (χ0v) is 13.4. The van der Waals surface area contributed by atoms with Crippen LogP contribution in [0.1, 0.15) is 20.8 Å². The number of rotatable bonds is 3. The lowest BCUT2D eigenvalue weighted by Gasteiger charge is -1.97. The first-order valence-electron chi connectivity index (χ1n) is 6.37. The number of nitrogens with one attached hydrogen (secondary N) is 1. The number of aromatic nitrogens is 1. The van der Waals surface area contributed by atoms with Crippen molar-refractivity contribution in [2.24, 2.45) is 0 Å². The van der Waals surface area contributed by atoms with Crippen LogP contribution in [0.4, 0.5) is 10.1 Å². The van der Waals surface area contributed by atoms with Gasteiger partial charge in [0.1, 0.15) is 0 Å². The third kappa shape index (κ3) is 2.70. The highest BCUT2D eigenvalue weighted by Crippen LogP contribution is 2.30. The van der Waals surface area contributed by atoms with Crippen LogP contribution in [-0.2, 0) is 0 Å². The molecule has 8 heteroatoms. The average Bonchev–Trinajstić information content (AvgIpc) is 3.04. The van der Waals surface area contributed by atoms with E-state index in [1.807, 2.05) is 26.0 Å². The molecule has 0 aliphatic carbocycles. The quantitative estimate of drug-likeness (QED) is 0.577. The van der Waals surface area contributed by atoms with Gasteiger partial charge in [-0.05, 0) is 37.1 Å². The Morgan fingerprint density at radius 3 is 2.73 bits per heavy atom. The lowest BCUT2D eigenvalue weighted by molar-refractivity contribution is -0.380. The van der Waals surface area contributed by atoms with Gasteiger partial charge in [0.2, 0.25) is 0 Å². The van der Waals surface area contributed by atoms with Gasteiger partial charge in [-0.15, -0.1) is 0 Å². The SMILES string of the molecule is Cc1cc(C)c2nc(NC(=O)c3ccc([N+](=O)[O-])s3)sc2c1. The van der Waals surface area contributed by atoms with Gasteiger partial charge in [-0.2, -0.15) is 0 Å². The van der Waals surface area contributed by atoms with Crippen molar-refractivity contribution in [3.05, 3.63) is 50.4 Å². The molecule has 0 radical (unpaired) electrons. The third-order valence-corrected chi connectivity index (χ3v) is 5.00. The summed E-state index contributed by atoms with van der Waals surface area (Å²) in [5, 5.41) is 13.8. The van der Waals surface area contributed by atoms with Crippen molar-refractivity contribution in [1.82, 2.24) is 4.98 Å². The minimum absolute atomic E-state index is 0.0547. The average molecular weight is 333 g/mol. The number of nitrogens with zero attached hydrogens (tertiary/aromatic N) is 2. The lowest BCUT2D eigenvalue weighted by atomic mass is 10.1. The van der Waals surface area contributed by atoms with Crippen LogP contribution in [0.2, 0.25) is 0 Å². The van der Waals surface area contributed by atoms with Gasteiger partial charge in [-0.25, -0.2) is 4.98 Å². The van der Waals surface area contributed by atoms with Crippen LogP contribution in [-0.4, -0.2) is 15.8 Å². The topological polar surface area (TPSA) is 85.1 Å². The molecule has 22 heavy (non-hydrogen) atoms. The summed E-state index contributed by atoms with van der Waals surface area (Å²) in [5.74, 6) is -0.383. The van der Waals surface area contributed by atoms with Crippen molar-refractivity contribution in [2.45, 2.75) is 13.8 Å². The van der Waals surface area contributed by atoms with E-state index in [9.17, 15) is 14.9 Å². The molecule has 3 aromatic rings. The molecule has 0 fully saturated rings. The molecule has 0 aliphatic rings. The van der Waals surface area contributed by atoms with E-state index in [1.54, 1.807) is 0 Å². The van der Waals surface area contributed by atoms with Gasteiger partial charge >= 0.3 is 5.00 Å². The van der Waals surface area contributed by atoms with E-state index in [2.05, 4.69) is 10.3 Å². The van der Waals surface area contributed by atoms with Gasteiger partial charge in [-0.1, -0.05) is 28.7 Å². The summed E-state index contributed by atoms with van der Waals surface area (Å²) in [4.78, 5) is 27.0. The molecule has 3 rings (SSSR count). The molecule has 2 aromatic heterocycles. The van der Waals surface area contributed by atoms with Gasteiger partial charge in [0.25, 0.3) is 5.91 Å². The number of thiazole rings is 1. The van der Waals surface area contributed by atoms with Crippen LogP contribution in [0.5, 0.6) is 0 Å². The Kier molecular flexibility index (Phi) is 3.63. The number of fused-ring (bicyclic) bond motifs is 1. The molecule has 0 saturated heterocycles. The Bertz CT molecular complexity index is 898. The van der Waals surface area contributed by atoms with E-state index in [0.717, 1.165) is 32.7 Å². The molecule has 112 valence electrons. The molecule has 6 nitrogen and oxygen atoms in total. The normalized spacial score (nSPS) is 10.8. The number of benzene rings is 1. The first-order valence-corrected chi connectivity index (χ1v) is 8.00. The zero-order chi connectivity index (χ0) is 15.9. The van der Waals surface area contributed by atoms with Gasteiger partial charge < -0.3 is 0 Å². The summed E-state index contributed by atoms with van der Waals surface area (Å²) < 4.78 is 1.00. The molecular weight excluding hydrogens is 322 g/mol. The van der Waals surface area contributed by atoms with Crippen LogP contribution in [0, 0.1) is 24.0 Å². The zero-order valence-electron chi connectivity index (χ0n) is 11.7. The Labute approximate surface area is 133 Å². The van der Waals surface area contributed by atoms with Crippen LogP contribution in [0.25, 0.3) is 10.2 Å². The first-order chi connectivity index (χ1) is 10.4. The molecule has 0 unspecified atom stereocenters. The van der Waals surface area contributed by atoms with E-state index in [4.69, 9.17) is 0 Å². The van der Waals surface area contributed by atoms with Crippen molar-refractivity contribution in [3.63, 3.8) is 0 Å². The van der Waals surface area contributed by atoms with Crippen molar-refractivity contribution in [2.75, 3.05) is 5.32 Å². The predicted molar refractivity (Wildman–Crippen MR) is 88.0 cm³/mol. The molecule has 2 heterocycles. The number of nitro groups is 1. The minimum Gasteiger partial charge on any atom is -0.297 e. The van der Waals surface area contributed by atoms with Crippen LogP contribution in [0.3, 0.4) is 0 Å². The number of hydrogen-bond donors (Lipinski definition) is 1. The van der Waals surface area contributed by atoms with E-state index < -0.39 is 4.92 Å². The summed E-state index contributed by atoms with van der Waals surface area (Å²) in [6.45, 7) is 3.98. The fourth-order valence-corrected chi connectivity index (χ4v) is 3.88. The molecule has 1 N–H and O–H groups in total. The van der Waals surface area contributed by atoms with Gasteiger partial charge in [0.15, 0.2) is 5.13 Å². The number of hydrogen-bond acceptors (Lipinski definition) is 6. The van der Waals surface area contributed by atoms with Crippen molar-refractivity contribution < 1.29 is 9.72 Å². The Morgan fingerprint density at radius 2 is 2.05 bits per heavy atom. The standard InChI is InChI=1S/C14H11N3O3S2/c1-7-5-8(2)12-10(6-7)22-14(15-12)16-13(18)9-3-4-11(21-9)17(19)20/h3-6H,1-2H3,(H,15,16,18). The molecule has 1 aromatic carbocycles. The van der Waals surface area contributed by atoms with Crippen LogP contribution < -0.4 is 5.32 Å². The highest BCUT2D eigenvalue weighted by molar-refractivity contribution is 7.22. The number of carbonyl (C=O) groups is 1. The molecule has 0 saturated carbocycles. The Balaban J connectivity index is 1.87. The number of anilines is 1. The second-order valence-corrected chi connectivity index (χ2v) is 6.89. The van der Waals surface area contributed by atoms with Crippen molar-refractivity contribution >= 4 is 48.9 Å². The Morgan fingerprint density at radius 1 is 1.27 bits per heavy atom. The maximum atomic E-state index is 12.1. The minimum atomic E-state index is -0.509. The molecule has 0 aliphatic heterocycles. The smallest absolute Gasteiger partial charge is 0.297 e. The molecular formula is C14H11N3O3S2. The first kappa shape index (κ1) is 14.6. The number of carbonyl (C=O) groups excluding carboxylic acids is 1. The van der Waals surface area contributed by atoms with Gasteiger partial charge in [0, 0.05) is 6.07 Å². The van der Waals surface area contributed by atoms with Crippen molar-refractivity contribution in [3.8, 4) is 0 Å². The van der Waals surface area contributed by atoms with E-state index in [1.165, 1.54) is 23.5 Å². The second kappa shape index (κ2) is 5.47. The molecule has 0 spiro atoms. The van der Waals surface area contributed by atoms with Crippen LogP contribution in [0.15, 0.2) is 24.3 Å². The second-order valence-electron chi connectivity index (χ2n) is 4.80.